The van der Waals surface area contributed by atoms with Crippen LogP contribution < -0.4 is 10.1 Å². The second-order valence-corrected chi connectivity index (χ2v) is 8.01. The van der Waals surface area contributed by atoms with E-state index in [-0.39, 0.29) is 23.5 Å². The first kappa shape index (κ1) is 23.6. The van der Waals surface area contributed by atoms with E-state index in [4.69, 9.17) is 0 Å². The SMILES string of the molecule is CCN(CC)S(=O)(=O)c1ccc(F)c(C(=O)NCc2ccccc2OC(F)(F)F)c1. The van der Waals surface area contributed by atoms with E-state index < -0.39 is 46.0 Å². The van der Waals surface area contributed by atoms with Crippen molar-refractivity contribution in [3.05, 3.63) is 59.4 Å². The molecule has 0 bridgehead atoms. The third kappa shape index (κ3) is 5.70. The Labute approximate surface area is 171 Å². The molecule has 30 heavy (non-hydrogen) atoms. The Balaban J connectivity index is 2.25. The molecule has 0 radical (unpaired) electrons. The van der Waals surface area contributed by atoms with Crippen LogP contribution in [0.3, 0.4) is 0 Å². The fourth-order valence-corrected chi connectivity index (χ4v) is 4.18. The Morgan fingerprint density at radius 1 is 1.10 bits per heavy atom. The normalized spacial score (nSPS) is 12.1. The summed E-state index contributed by atoms with van der Waals surface area (Å²) >= 11 is 0. The molecular weight excluding hydrogens is 428 g/mol. The number of nitrogens with zero attached hydrogens (tertiary/aromatic N) is 1. The number of benzene rings is 2. The second-order valence-electron chi connectivity index (χ2n) is 6.07. The third-order valence-corrected chi connectivity index (χ3v) is 6.21. The van der Waals surface area contributed by atoms with E-state index in [0.717, 1.165) is 28.6 Å². The molecule has 11 heteroatoms. The van der Waals surface area contributed by atoms with Crippen molar-refractivity contribution in [2.24, 2.45) is 0 Å². The summed E-state index contributed by atoms with van der Waals surface area (Å²) in [5.41, 5.74) is -0.534. The summed E-state index contributed by atoms with van der Waals surface area (Å²) in [6.07, 6.45) is -4.92. The second kappa shape index (κ2) is 9.43. The third-order valence-electron chi connectivity index (χ3n) is 4.16. The lowest BCUT2D eigenvalue weighted by molar-refractivity contribution is -0.274. The highest BCUT2D eigenvalue weighted by molar-refractivity contribution is 7.89. The Morgan fingerprint density at radius 3 is 2.33 bits per heavy atom. The predicted octanol–water partition coefficient (Wildman–Crippen LogP) is 3.68. The van der Waals surface area contributed by atoms with Gasteiger partial charge >= 0.3 is 6.36 Å². The largest absolute Gasteiger partial charge is 0.573 e. The van der Waals surface area contributed by atoms with Crippen molar-refractivity contribution in [2.75, 3.05) is 13.1 Å². The van der Waals surface area contributed by atoms with E-state index >= 15 is 0 Å². The number of halogens is 4. The van der Waals surface area contributed by atoms with Gasteiger partial charge in [-0.1, -0.05) is 32.0 Å². The number of sulfonamides is 1. The van der Waals surface area contributed by atoms with E-state index in [1.54, 1.807) is 13.8 Å². The Hall–Kier alpha value is -2.66. The Kier molecular flexibility index (Phi) is 7.43. The Morgan fingerprint density at radius 2 is 1.73 bits per heavy atom. The summed E-state index contributed by atoms with van der Waals surface area (Å²) in [7, 11) is -3.93. The standard InChI is InChI=1S/C19H20F4N2O4S/c1-3-25(4-2)30(27,28)14-9-10-16(20)15(11-14)18(26)24-12-13-7-5-6-8-17(13)29-19(21,22)23/h5-11H,3-4,12H2,1-2H3,(H,24,26). The fourth-order valence-electron chi connectivity index (χ4n) is 2.70. The van der Waals surface area contributed by atoms with Gasteiger partial charge in [0.25, 0.3) is 5.91 Å². The number of ether oxygens (including phenoxy) is 1. The van der Waals surface area contributed by atoms with Gasteiger partial charge in [0.2, 0.25) is 10.0 Å². The van der Waals surface area contributed by atoms with Crippen molar-refractivity contribution < 1.29 is 35.5 Å². The van der Waals surface area contributed by atoms with Gasteiger partial charge in [-0.2, -0.15) is 4.31 Å². The number of amides is 1. The van der Waals surface area contributed by atoms with Crippen LogP contribution in [0.15, 0.2) is 47.4 Å². The topological polar surface area (TPSA) is 75.7 Å². The lowest BCUT2D eigenvalue weighted by Crippen LogP contribution is -2.31. The van der Waals surface area contributed by atoms with Gasteiger partial charge < -0.3 is 10.1 Å². The van der Waals surface area contributed by atoms with Crippen LogP contribution in [0.5, 0.6) is 5.75 Å². The molecular formula is C19H20F4N2O4S. The monoisotopic (exact) mass is 448 g/mol. The summed E-state index contributed by atoms with van der Waals surface area (Å²) in [6.45, 7) is 3.26. The van der Waals surface area contributed by atoms with E-state index in [0.29, 0.717) is 0 Å². The molecule has 1 N–H and O–H groups in total. The molecule has 0 aliphatic rings. The van der Waals surface area contributed by atoms with Gasteiger partial charge in [0.05, 0.1) is 10.5 Å². The molecule has 0 fully saturated rings. The molecule has 0 saturated carbocycles. The molecule has 164 valence electrons. The maximum Gasteiger partial charge on any atom is 0.573 e. The molecule has 0 aliphatic heterocycles. The van der Waals surface area contributed by atoms with E-state index in [9.17, 15) is 30.8 Å². The van der Waals surface area contributed by atoms with Crippen molar-refractivity contribution in [1.29, 1.82) is 0 Å². The maximum atomic E-state index is 14.2. The van der Waals surface area contributed by atoms with Crippen LogP contribution in [0.1, 0.15) is 29.8 Å². The highest BCUT2D eigenvalue weighted by Gasteiger charge is 2.32. The van der Waals surface area contributed by atoms with Gasteiger partial charge in [-0.15, -0.1) is 13.2 Å². The summed E-state index contributed by atoms with van der Waals surface area (Å²) in [5.74, 6) is -2.46. The zero-order valence-corrected chi connectivity index (χ0v) is 17.0. The lowest BCUT2D eigenvalue weighted by Gasteiger charge is -2.19. The molecule has 0 atom stereocenters. The van der Waals surface area contributed by atoms with Gasteiger partial charge in [0.1, 0.15) is 11.6 Å². The van der Waals surface area contributed by atoms with Gasteiger partial charge in [0.15, 0.2) is 0 Å². The molecule has 2 rings (SSSR count). The highest BCUT2D eigenvalue weighted by atomic mass is 32.2. The van der Waals surface area contributed by atoms with Crippen molar-refractivity contribution in [3.63, 3.8) is 0 Å². The van der Waals surface area contributed by atoms with E-state index in [2.05, 4.69) is 10.1 Å². The first-order chi connectivity index (χ1) is 14.0. The number of carbonyl (C=O) groups is 1. The molecule has 0 unspecified atom stereocenters. The minimum absolute atomic E-state index is 0.00972. The van der Waals surface area contributed by atoms with Crippen LogP contribution in [0.4, 0.5) is 17.6 Å². The number of hydrogen-bond acceptors (Lipinski definition) is 4. The Bertz CT molecular complexity index is 1010. The van der Waals surface area contributed by atoms with Crippen LogP contribution in [0.2, 0.25) is 0 Å². The van der Waals surface area contributed by atoms with Crippen molar-refractivity contribution in [2.45, 2.75) is 31.7 Å². The molecule has 0 heterocycles. The minimum atomic E-state index is -4.92. The minimum Gasteiger partial charge on any atom is -0.405 e. The summed E-state index contributed by atoms with van der Waals surface area (Å²) < 4.78 is 81.9. The smallest absolute Gasteiger partial charge is 0.405 e. The molecule has 2 aromatic rings. The maximum absolute atomic E-state index is 14.2. The van der Waals surface area contributed by atoms with Gasteiger partial charge in [-0.25, -0.2) is 12.8 Å². The average Bonchev–Trinajstić information content (AvgIpc) is 2.66. The number of nitrogens with one attached hydrogen (secondary N) is 1. The average molecular weight is 448 g/mol. The van der Waals surface area contributed by atoms with Gasteiger partial charge in [0, 0.05) is 25.2 Å². The van der Waals surface area contributed by atoms with Gasteiger partial charge in [-0.05, 0) is 24.3 Å². The zero-order chi connectivity index (χ0) is 22.5. The molecule has 6 nitrogen and oxygen atoms in total. The summed E-state index contributed by atoms with van der Waals surface area (Å²) in [5, 5.41) is 2.28. The molecule has 0 spiro atoms. The lowest BCUT2D eigenvalue weighted by atomic mass is 10.1. The van der Waals surface area contributed by atoms with Crippen LogP contribution in [0.25, 0.3) is 0 Å². The first-order valence-corrected chi connectivity index (χ1v) is 10.3. The van der Waals surface area contributed by atoms with Crippen LogP contribution in [0, 0.1) is 5.82 Å². The van der Waals surface area contributed by atoms with Crippen LogP contribution in [-0.2, 0) is 16.6 Å². The number of hydrogen-bond donors (Lipinski definition) is 1. The van der Waals surface area contributed by atoms with Crippen molar-refractivity contribution in [3.8, 4) is 5.75 Å². The number of rotatable bonds is 8. The predicted molar refractivity (Wildman–Crippen MR) is 101 cm³/mol. The number of alkyl halides is 3. The zero-order valence-electron chi connectivity index (χ0n) is 16.2. The quantitative estimate of drug-likeness (QED) is 0.625. The summed E-state index contributed by atoms with van der Waals surface area (Å²) in [4.78, 5) is 12.1. The molecule has 2 aromatic carbocycles. The van der Waals surface area contributed by atoms with Crippen LogP contribution >= 0.6 is 0 Å². The molecule has 0 aliphatic carbocycles. The highest BCUT2D eigenvalue weighted by Crippen LogP contribution is 2.26. The van der Waals surface area contributed by atoms with E-state index in [1.807, 2.05) is 0 Å². The molecule has 1 amide bonds. The number of para-hydroxylation sites is 1. The molecule has 0 saturated heterocycles. The van der Waals surface area contributed by atoms with Crippen molar-refractivity contribution in [1.82, 2.24) is 9.62 Å². The van der Waals surface area contributed by atoms with E-state index in [1.165, 1.54) is 18.2 Å². The fraction of sp³-hybridized carbons (Fsp3) is 0.316. The van der Waals surface area contributed by atoms with Crippen molar-refractivity contribution >= 4 is 15.9 Å². The molecule has 0 aromatic heterocycles. The first-order valence-electron chi connectivity index (χ1n) is 8.91. The summed E-state index contributed by atoms with van der Waals surface area (Å²) in [6, 6.07) is 7.96. The van der Waals surface area contributed by atoms with Crippen LogP contribution in [-0.4, -0.2) is 38.1 Å². The van der Waals surface area contributed by atoms with Gasteiger partial charge in [-0.3, -0.25) is 4.79 Å². The number of carbonyl (C=O) groups excluding carboxylic acids is 1.